The van der Waals surface area contributed by atoms with Crippen LogP contribution in [0.2, 0.25) is 0 Å². The smallest absolute Gasteiger partial charge is 0.329 e. The average molecular weight is 734 g/mol. The molecule has 0 spiro atoms. The Morgan fingerprint density at radius 1 is 1.00 bits per heavy atom. The van der Waals surface area contributed by atoms with Gasteiger partial charge >= 0.3 is 5.69 Å². The van der Waals surface area contributed by atoms with E-state index in [2.05, 4.69) is 49.4 Å². The van der Waals surface area contributed by atoms with Gasteiger partial charge in [-0.2, -0.15) is 5.10 Å². The number of benzene rings is 2. The van der Waals surface area contributed by atoms with Gasteiger partial charge in [-0.05, 0) is 88.2 Å². The number of methoxy groups -OCH3 is 1. The fraction of sp³-hybridized carbons (Fsp3) is 0.450. The Kier molecular flexibility index (Phi) is 9.69. The van der Waals surface area contributed by atoms with Gasteiger partial charge in [0.2, 0.25) is 11.8 Å². The van der Waals surface area contributed by atoms with Gasteiger partial charge in [-0.15, -0.1) is 0 Å². The SMILES string of the molecule is COc1cc2nn([C@H]3CC[C@H](CN(C)C4CCN(c5cccc6c5n(C)c(=O)n6C5CCC(=O)NC5=O)CC4)CC3)cc2cc1NC(=O)c1ccccn1. The number of carbonyl (C=O) groups is 3. The van der Waals surface area contributed by atoms with E-state index in [-0.39, 0.29) is 23.9 Å². The van der Waals surface area contributed by atoms with Gasteiger partial charge in [-0.3, -0.25) is 38.5 Å². The molecule has 3 amide bonds. The van der Waals surface area contributed by atoms with Crippen molar-refractivity contribution in [1.82, 2.24) is 34.1 Å². The van der Waals surface area contributed by atoms with Gasteiger partial charge in [0.1, 0.15) is 17.5 Å². The first-order valence-electron chi connectivity index (χ1n) is 19.0. The maximum Gasteiger partial charge on any atom is 0.329 e. The number of rotatable bonds is 9. The van der Waals surface area contributed by atoms with Gasteiger partial charge in [0.25, 0.3) is 5.91 Å². The molecule has 0 bridgehead atoms. The number of ether oxygens (including phenoxy) is 1. The highest BCUT2D eigenvalue weighted by Gasteiger charge is 2.33. The number of aryl methyl sites for hydroxylation is 1. The summed E-state index contributed by atoms with van der Waals surface area (Å²) in [6.45, 7) is 2.82. The molecule has 1 saturated carbocycles. The lowest BCUT2D eigenvalue weighted by molar-refractivity contribution is -0.135. The molecule has 2 aromatic carbocycles. The minimum atomic E-state index is -0.695. The first-order valence-corrected chi connectivity index (χ1v) is 19.0. The van der Waals surface area contributed by atoms with Gasteiger partial charge in [0, 0.05) is 63.0 Å². The number of aromatic nitrogens is 5. The summed E-state index contributed by atoms with van der Waals surface area (Å²) < 4.78 is 10.9. The maximum atomic E-state index is 13.4. The number of carbonyl (C=O) groups excluding carboxylic acids is 3. The second-order valence-corrected chi connectivity index (χ2v) is 15.0. The number of amides is 3. The van der Waals surface area contributed by atoms with Gasteiger partial charge in [-0.25, -0.2) is 4.79 Å². The minimum absolute atomic E-state index is 0.220. The maximum absolute atomic E-state index is 13.4. The van der Waals surface area contributed by atoms with Crippen LogP contribution in [-0.2, 0) is 16.6 Å². The molecule has 54 heavy (non-hydrogen) atoms. The van der Waals surface area contributed by atoms with Crippen molar-refractivity contribution in [3.05, 3.63) is 77.1 Å². The molecule has 2 aliphatic heterocycles. The third-order valence-electron chi connectivity index (χ3n) is 11.8. The molecule has 3 aromatic heterocycles. The third-order valence-corrected chi connectivity index (χ3v) is 11.8. The zero-order valence-electron chi connectivity index (χ0n) is 31.0. The summed E-state index contributed by atoms with van der Waals surface area (Å²) >= 11 is 0. The van der Waals surface area contributed by atoms with Gasteiger partial charge in [0.05, 0.1) is 41.1 Å². The van der Waals surface area contributed by atoms with Crippen molar-refractivity contribution in [2.75, 3.05) is 44.0 Å². The van der Waals surface area contributed by atoms with Crippen molar-refractivity contribution in [3.8, 4) is 5.75 Å². The molecule has 1 aliphatic carbocycles. The van der Waals surface area contributed by atoms with Crippen molar-refractivity contribution >= 4 is 51.0 Å². The Bertz CT molecular complexity index is 2260. The second kappa shape index (κ2) is 14.7. The van der Waals surface area contributed by atoms with E-state index in [0.717, 1.165) is 85.8 Å². The predicted octanol–water partition coefficient (Wildman–Crippen LogP) is 4.66. The predicted molar refractivity (Wildman–Crippen MR) is 206 cm³/mol. The molecule has 5 aromatic rings. The van der Waals surface area contributed by atoms with Crippen LogP contribution in [0.5, 0.6) is 5.75 Å². The molecule has 0 radical (unpaired) electrons. The third kappa shape index (κ3) is 6.74. The largest absolute Gasteiger partial charge is 0.494 e. The minimum Gasteiger partial charge on any atom is -0.494 e. The molecule has 3 aliphatic rings. The van der Waals surface area contributed by atoms with E-state index < -0.39 is 11.9 Å². The van der Waals surface area contributed by atoms with E-state index in [0.29, 0.717) is 41.6 Å². The molecule has 5 heterocycles. The van der Waals surface area contributed by atoms with Crippen molar-refractivity contribution in [3.63, 3.8) is 0 Å². The number of hydrogen-bond acceptors (Lipinski definition) is 9. The van der Waals surface area contributed by atoms with Crippen molar-refractivity contribution in [2.24, 2.45) is 13.0 Å². The van der Waals surface area contributed by atoms with Crippen LogP contribution in [0.3, 0.4) is 0 Å². The average Bonchev–Trinajstić information content (AvgIpc) is 3.72. The quantitative estimate of drug-likeness (QED) is 0.207. The zero-order valence-corrected chi connectivity index (χ0v) is 31.0. The molecule has 14 nitrogen and oxygen atoms in total. The number of nitrogens with one attached hydrogen (secondary N) is 2. The monoisotopic (exact) mass is 733 g/mol. The number of hydrogen-bond donors (Lipinski definition) is 2. The number of nitrogens with zero attached hydrogens (tertiary/aromatic N) is 7. The molecule has 1 unspecified atom stereocenters. The molecule has 1 atom stereocenters. The number of anilines is 2. The van der Waals surface area contributed by atoms with Crippen LogP contribution >= 0.6 is 0 Å². The number of pyridine rings is 1. The van der Waals surface area contributed by atoms with Crippen LogP contribution in [0.1, 0.15) is 73.9 Å². The summed E-state index contributed by atoms with van der Waals surface area (Å²) in [5.74, 6) is 0.176. The Balaban J connectivity index is 0.868. The molecule has 282 valence electrons. The zero-order chi connectivity index (χ0) is 37.5. The normalized spacial score (nSPS) is 21.2. The Labute approximate surface area is 313 Å². The van der Waals surface area contributed by atoms with Crippen molar-refractivity contribution < 1.29 is 19.1 Å². The summed E-state index contributed by atoms with van der Waals surface area (Å²) in [6, 6.07) is 15.1. The number of imide groups is 1. The Hall–Kier alpha value is -5.50. The summed E-state index contributed by atoms with van der Waals surface area (Å²) in [5.41, 5.74) is 4.08. The second-order valence-electron chi connectivity index (χ2n) is 15.0. The molecule has 2 N–H and O–H groups in total. The number of piperidine rings is 2. The fourth-order valence-electron chi connectivity index (χ4n) is 8.81. The van der Waals surface area contributed by atoms with Crippen LogP contribution in [0, 0.1) is 5.92 Å². The van der Waals surface area contributed by atoms with Crippen LogP contribution in [0.25, 0.3) is 21.9 Å². The van der Waals surface area contributed by atoms with E-state index in [4.69, 9.17) is 9.84 Å². The Morgan fingerprint density at radius 2 is 1.80 bits per heavy atom. The first kappa shape index (κ1) is 35.5. The van der Waals surface area contributed by atoms with Crippen molar-refractivity contribution in [1.29, 1.82) is 0 Å². The highest BCUT2D eigenvalue weighted by atomic mass is 16.5. The lowest BCUT2D eigenvalue weighted by atomic mass is 9.85. The van der Waals surface area contributed by atoms with E-state index in [1.807, 2.05) is 24.3 Å². The highest BCUT2D eigenvalue weighted by molar-refractivity contribution is 6.05. The number of fused-ring (bicyclic) bond motifs is 2. The molecule has 14 heteroatoms. The fourth-order valence-corrected chi connectivity index (χ4v) is 8.81. The van der Waals surface area contributed by atoms with Gasteiger partial charge < -0.3 is 19.9 Å². The van der Waals surface area contributed by atoms with Gasteiger partial charge in [-0.1, -0.05) is 12.1 Å². The summed E-state index contributed by atoms with van der Waals surface area (Å²) in [4.78, 5) is 59.8. The summed E-state index contributed by atoms with van der Waals surface area (Å²) in [5, 5.41) is 11.2. The van der Waals surface area contributed by atoms with Crippen molar-refractivity contribution in [2.45, 2.75) is 69.5 Å². The Morgan fingerprint density at radius 3 is 2.52 bits per heavy atom. The summed E-state index contributed by atoms with van der Waals surface area (Å²) in [6.07, 6.45) is 10.7. The van der Waals surface area contributed by atoms with E-state index in [1.54, 1.807) is 47.7 Å². The standard InChI is InChI=1S/C40H47N9O5/c1-45(27-16-19-47(20-17-27)32-8-6-9-33-37(32)46(2)40(53)49(33)34-14-15-36(50)43-39(34)52)23-25-10-12-28(13-11-25)48-24-26-21-31(35(54-3)22-30(26)44-48)42-38(51)29-7-4-5-18-41-29/h4-9,18,21-22,24-25,27-28,34H,10-17,19-20,23H2,1-3H3,(H,42,51)(H,43,50,52)/t25-,28-,34?. The topological polar surface area (TPSA) is 149 Å². The van der Waals surface area contributed by atoms with E-state index >= 15 is 0 Å². The van der Waals surface area contributed by atoms with Crippen LogP contribution < -0.4 is 26.0 Å². The van der Waals surface area contributed by atoms with Crippen LogP contribution in [-0.4, -0.2) is 86.4 Å². The van der Waals surface area contributed by atoms with E-state index in [1.165, 1.54) is 0 Å². The van der Waals surface area contributed by atoms with Gasteiger partial charge in [0.15, 0.2) is 0 Å². The number of imidazole rings is 1. The van der Waals surface area contributed by atoms with Crippen LogP contribution in [0.15, 0.2) is 65.7 Å². The first-order chi connectivity index (χ1) is 26.2. The molecular formula is C40H47N9O5. The lowest BCUT2D eigenvalue weighted by Crippen LogP contribution is -2.45. The lowest BCUT2D eigenvalue weighted by Gasteiger charge is -2.40. The van der Waals surface area contributed by atoms with Crippen LogP contribution in [0.4, 0.5) is 11.4 Å². The number of para-hydroxylation sites is 1. The molecule has 8 rings (SSSR count). The highest BCUT2D eigenvalue weighted by Crippen LogP contribution is 2.37. The molecule has 3 fully saturated rings. The summed E-state index contributed by atoms with van der Waals surface area (Å²) in [7, 11) is 5.61. The van der Waals surface area contributed by atoms with E-state index in [9.17, 15) is 19.2 Å². The molecular weight excluding hydrogens is 686 g/mol. The molecule has 2 saturated heterocycles.